The number of hydrogen-bond acceptors (Lipinski definition) is 1. The van der Waals surface area contributed by atoms with Crippen LogP contribution in [0.25, 0.3) is 0 Å². The van der Waals surface area contributed by atoms with Crippen LogP contribution in [0, 0.1) is 23.7 Å². The van der Waals surface area contributed by atoms with E-state index in [1.165, 1.54) is 38.5 Å². The van der Waals surface area contributed by atoms with Gasteiger partial charge in [0.1, 0.15) is 6.17 Å². The Morgan fingerprint density at radius 1 is 0.700 bits per heavy atom. The Balaban J connectivity index is 1.42. The topological polar surface area (TPSA) is 9.23 Å². The molecule has 0 radical (unpaired) electrons. The van der Waals surface area contributed by atoms with Gasteiger partial charge in [-0.1, -0.05) is 19.8 Å². The lowest BCUT2D eigenvalue weighted by atomic mass is 9.74. The minimum absolute atomic E-state index is 0.521. The van der Waals surface area contributed by atoms with Crippen molar-refractivity contribution in [2.24, 2.45) is 23.7 Å². The molecule has 2 aliphatic carbocycles. The summed E-state index contributed by atoms with van der Waals surface area (Å²) in [6.07, 6.45) is 12.0. The Labute approximate surface area is 123 Å². The lowest BCUT2D eigenvalue weighted by Crippen LogP contribution is -2.37. The van der Waals surface area contributed by atoms with E-state index in [0.717, 1.165) is 56.0 Å². The van der Waals surface area contributed by atoms with Gasteiger partial charge in [-0.2, -0.15) is 0 Å². The van der Waals surface area contributed by atoms with Crippen molar-refractivity contribution in [1.29, 1.82) is 0 Å². The van der Waals surface area contributed by atoms with Gasteiger partial charge in [-0.15, -0.1) is 0 Å². The highest BCUT2D eigenvalue weighted by molar-refractivity contribution is 4.84. The predicted octanol–water partition coefficient (Wildman–Crippen LogP) is 5.14. The molecule has 0 N–H and O–H groups in total. The molecule has 1 saturated heterocycles. The maximum absolute atomic E-state index is 13.2. The van der Waals surface area contributed by atoms with Crippen molar-refractivity contribution in [3.63, 3.8) is 0 Å². The van der Waals surface area contributed by atoms with Gasteiger partial charge in [0.25, 0.3) is 0 Å². The van der Waals surface area contributed by atoms with Crippen molar-refractivity contribution in [2.75, 3.05) is 6.61 Å². The maximum Gasteiger partial charge on any atom is 0.100 e. The van der Waals surface area contributed by atoms with Crippen LogP contribution in [0.4, 0.5) is 4.39 Å². The molecule has 0 bridgehead atoms. The molecular formula is C18H31FO. The first-order chi connectivity index (χ1) is 9.72. The summed E-state index contributed by atoms with van der Waals surface area (Å²) in [4.78, 5) is 0. The molecule has 3 rings (SSSR count). The SMILES string of the molecule is CC1CCC(C2CCC(C3CCC(F)CC3)CO2)CC1. The normalized spacial score (nSPS) is 47.1. The summed E-state index contributed by atoms with van der Waals surface area (Å²) < 4.78 is 19.5. The highest BCUT2D eigenvalue weighted by Crippen LogP contribution is 2.40. The minimum atomic E-state index is -0.521. The molecule has 3 fully saturated rings. The van der Waals surface area contributed by atoms with E-state index in [9.17, 15) is 4.39 Å². The van der Waals surface area contributed by atoms with Crippen LogP contribution in [0.15, 0.2) is 0 Å². The molecule has 20 heavy (non-hydrogen) atoms. The van der Waals surface area contributed by atoms with Gasteiger partial charge in [0.05, 0.1) is 12.7 Å². The summed E-state index contributed by atoms with van der Waals surface area (Å²) in [5.74, 6) is 3.22. The second-order valence-corrected chi connectivity index (χ2v) is 7.74. The second-order valence-electron chi connectivity index (χ2n) is 7.74. The first-order valence-corrected chi connectivity index (χ1v) is 8.98. The van der Waals surface area contributed by atoms with Crippen molar-refractivity contribution in [2.45, 2.75) is 83.4 Å². The van der Waals surface area contributed by atoms with Gasteiger partial charge in [-0.05, 0) is 75.0 Å². The summed E-state index contributed by atoms with van der Waals surface area (Å²) in [7, 11) is 0. The van der Waals surface area contributed by atoms with Gasteiger partial charge in [0.2, 0.25) is 0 Å². The molecule has 1 heterocycles. The number of halogens is 1. The fraction of sp³-hybridized carbons (Fsp3) is 1.00. The van der Waals surface area contributed by atoms with E-state index in [1.807, 2.05) is 0 Å². The Bertz CT molecular complexity index is 252. The van der Waals surface area contributed by atoms with Crippen molar-refractivity contribution in [1.82, 2.24) is 0 Å². The summed E-state index contributed by atoms with van der Waals surface area (Å²) in [5, 5.41) is 0. The first kappa shape index (κ1) is 14.8. The number of hydrogen-bond donors (Lipinski definition) is 0. The van der Waals surface area contributed by atoms with Crippen molar-refractivity contribution in [3.8, 4) is 0 Å². The zero-order valence-electron chi connectivity index (χ0n) is 13.0. The average molecular weight is 282 g/mol. The molecule has 3 aliphatic rings. The summed E-state index contributed by atoms with van der Waals surface area (Å²) in [5.41, 5.74) is 0. The number of rotatable bonds is 2. The van der Waals surface area contributed by atoms with E-state index >= 15 is 0 Å². The minimum Gasteiger partial charge on any atom is -0.378 e. The quantitative estimate of drug-likeness (QED) is 0.681. The van der Waals surface area contributed by atoms with Gasteiger partial charge < -0.3 is 4.74 Å². The number of ether oxygens (including phenoxy) is 1. The molecule has 116 valence electrons. The van der Waals surface area contributed by atoms with Gasteiger partial charge >= 0.3 is 0 Å². The average Bonchev–Trinajstić information content (AvgIpc) is 2.49. The molecule has 0 aromatic carbocycles. The van der Waals surface area contributed by atoms with Crippen molar-refractivity contribution >= 4 is 0 Å². The van der Waals surface area contributed by atoms with Crippen LogP contribution in [0.5, 0.6) is 0 Å². The van der Waals surface area contributed by atoms with Crippen LogP contribution in [0.1, 0.15) is 71.1 Å². The predicted molar refractivity (Wildman–Crippen MR) is 80.4 cm³/mol. The molecule has 0 aromatic heterocycles. The van der Waals surface area contributed by atoms with Crippen LogP contribution in [0.3, 0.4) is 0 Å². The summed E-state index contributed by atoms with van der Waals surface area (Å²) >= 11 is 0. The fourth-order valence-corrected chi connectivity index (χ4v) is 4.74. The van der Waals surface area contributed by atoms with E-state index in [2.05, 4.69) is 6.92 Å². The van der Waals surface area contributed by atoms with E-state index in [-0.39, 0.29) is 0 Å². The molecule has 0 aromatic rings. The molecule has 2 heteroatoms. The first-order valence-electron chi connectivity index (χ1n) is 8.98. The number of alkyl halides is 1. The van der Waals surface area contributed by atoms with Crippen LogP contribution in [0.2, 0.25) is 0 Å². The Kier molecular flexibility index (Phi) is 5.01. The zero-order valence-corrected chi connectivity index (χ0v) is 13.0. The van der Waals surface area contributed by atoms with Crippen molar-refractivity contribution < 1.29 is 9.13 Å². The molecule has 2 unspecified atom stereocenters. The fourth-order valence-electron chi connectivity index (χ4n) is 4.74. The lowest BCUT2D eigenvalue weighted by molar-refractivity contribution is -0.0738. The molecule has 2 atom stereocenters. The van der Waals surface area contributed by atoms with E-state index in [1.54, 1.807) is 0 Å². The van der Waals surface area contributed by atoms with Gasteiger partial charge in [0.15, 0.2) is 0 Å². The molecule has 1 aliphatic heterocycles. The van der Waals surface area contributed by atoms with E-state index < -0.39 is 6.17 Å². The Morgan fingerprint density at radius 3 is 1.90 bits per heavy atom. The van der Waals surface area contributed by atoms with Gasteiger partial charge in [0, 0.05) is 0 Å². The third-order valence-electron chi connectivity index (χ3n) is 6.30. The summed E-state index contributed by atoms with van der Waals surface area (Å²) in [6, 6.07) is 0. The molecule has 0 amide bonds. The molecule has 1 nitrogen and oxygen atoms in total. The largest absolute Gasteiger partial charge is 0.378 e. The van der Waals surface area contributed by atoms with E-state index in [0.29, 0.717) is 6.10 Å². The van der Waals surface area contributed by atoms with E-state index in [4.69, 9.17) is 4.74 Å². The van der Waals surface area contributed by atoms with Crippen LogP contribution in [-0.4, -0.2) is 18.9 Å². The van der Waals surface area contributed by atoms with Crippen LogP contribution in [-0.2, 0) is 4.74 Å². The second kappa shape index (κ2) is 6.77. The smallest absolute Gasteiger partial charge is 0.100 e. The van der Waals surface area contributed by atoms with Crippen LogP contribution >= 0.6 is 0 Å². The maximum atomic E-state index is 13.2. The molecule has 2 saturated carbocycles. The highest BCUT2D eigenvalue weighted by atomic mass is 19.1. The molecular weight excluding hydrogens is 251 g/mol. The van der Waals surface area contributed by atoms with Gasteiger partial charge in [-0.3, -0.25) is 0 Å². The highest BCUT2D eigenvalue weighted by Gasteiger charge is 2.34. The molecule has 0 spiro atoms. The van der Waals surface area contributed by atoms with Crippen LogP contribution < -0.4 is 0 Å². The standard InChI is InChI=1S/C18H31FO/c1-13-2-4-15(5-3-13)18-11-8-16(12-20-18)14-6-9-17(19)10-7-14/h13-18H,2-12H2,1H3. The Morgan fingerprint density at radius 2 is 1.30 bits per heavy atom. The van der Waals surface area contributed by atoms with Crippen molar-refractivity contribution in [3.05, 3.63) is 0 Å². The zero-order chi connectivity index (χ0) is 13.9. The third kappa shape index (κ3) is 3.55. The van der Waals surface area contributed by atoms with Gasteiger partial charge in [-0.25, -0.2) is 4.39 Å². The summed E-state index contributed by atoms with van der Waals surface area (Å²) in [6.45, 7) is 3.34. The monoisotopic (exact) mass is 282 g/mol. The third-order valence-corrected chi connectivity index (χ3v) is 6.30. The lowest BCUT2D eigenvalue weighted by Gasteiger charge is -2.40. The Hall–Kier alpha value is -0.110.